The molecule has 2 fully saturated rings. The number of morpholine rings is 1. The first-order chi connectivity index (χ1) is 8.63. The van der Waals surface area contributed by atoms with Gasteiger partial charge in [0.2, 0.25) is 0 Å². The van der Waals surface area contributed by atoms with E-state index in [4.69, 9.17) is 4.74 Å². The maximum Gasteiger partial charge on any atom is 0.317 e. The second-order valence-corrected chi connectivity index (χ2v) is 6.80. The summed E-state index contributed by atoms with van der Waals surface area (Å²) in [5.74, 6) is 1.24. The second-order valence-electron chi connectivity index (χ2n) is 5.39. The lowest BCUT2D eigenvalue weighted by Gasteiger charge is -2.40. The molecule has 0 aromatic rings. The van der Waals surface area contributed by atoms with Crippen LogP contribution in [0.5, 0.6) is 0 Å². The molecule has 0 bridgehead atoms. The molecule has 2 aliphatic heterocycles. The molecule has 2 heterocycles. The Kier molecular flexibility index (Phi) is 4.78. The number of ether oxygens (including phenoxy) is 1. The van der Waals surface area contributed by atoms with Gasteiger partial charge in [0.05, 0.1) is 18.8 Å². The Bertz CT molecular complexity index is 295. The fourth-order valence-electron chi connectivity index (χ4n) is 2.44. The zero-order valence-electron chi connectivity index (χ0n) is 11.4. The van der Waals surface area contributed by atoms with Crippen molar-refractivity contribution in [3.8, 4) is 0 Å². The zero-order chi connectivity index (χ0) is 13.0. The van der Waals surface area contributed by atoms with Gasteiger partial charge in [-0.25, -0.2) is 4.79 Å². The Morgan fingerprint density at radius 2 is 2.44 bits per heavy atom. The van der Waals surface area contributed by atoms with Gasteiger partial charge in [-0.1, -0.05) is 6.92 Å². The highest BCUT2D eigenvalue weighted by Gasteiger charge is 2.32. The monoisotopic (exact) mass is 272 g/mol. The average molecular weight is 272 g/mol. The predicted molar refractivity (Wildman–Crippen MR) is 75.1 cm³/mol. The standard InChI is InChI=1S/C13H24N2O2S/c1-3-13(2)10-15(6-7-17-13)12(16)14-9-11-5-4-8-18-11/h11H,3-10H2,1-2H3,(H,14,16)/t11-,13-/m0/s1. The summed E-state index contributed by atoms with van der Waals surface area (Å²) < 4.78 is 5.75. The Hall–Kier alpha value is -0.420. The molecule has 0 aromatic heterocycles. The molecule has 2 amide bonds. The van der Waals surface area contributed by atoms with Gasteiger partial charge in [0.1, 0.15) is 0 Å². The third-order valence-corrected chi connectivity index (χ3v) is 5.28. The van der Waals surface area contributed by atoms with E-state index in [-0.39, 0.29) is 11.6 Å². The average Bonchev–Trinajstić information content (AvgIpc) is 2.89. The van der Waals surface area contributed by atoms with E-state index in [9.17, 15) is 4.79 Å². The number of carbonyl (C=O) groups excluding carboxylic acids is 1. The van der Waals surface area contributed by atoms with Crippen LogP contribution in [0.25, 0.3) is 0 Å². The van der Waals surface area contributed by atoms with Crippen molar-refractivity contribution in [3.63, 3.8) is 0 Å². The molecule has 0 radical (unpaired) electrons. The molecular formula is C13H24N2O2S. The molecule has 0 saturated carbocycles. The van der Waals surface area contributed by atoms with E-state index in [1.54, 1.807) is 0 Å². The summed E-state index contributed by atoms with van der Waals surface area (Å²) in [4.78, 5) is 14.0. The van der Waals surface area contributed by atoms with Crippen molar-refractivity contribution in [1.82, 2.24) is 10.2 Å². The fraction of sp³-hybridized carbons (Fsp3) is 0.923. The number of nitrogens with one attached hydrogen (secondary N) is 1. The number of amides is 2. The summed E-state index contributed by atoms with van der Waals surface area (Å²) in [5.41, 5.74) is -0.169. The van der Waals surface area contributed by atoms with E-state index < -0.39 is 0 Å². The molecule has 1 N–H and O–H groups in total. The number of hydrogen-bond donors (Lipinski definition) is 1. The third kappa shape index (κ3) is 3.54. The van der Waals surface area contributed by atoms with Crippen molar-refractivity contribution in [2.24, 2.45) is 0 Å². The summed E-state index contributed by atoms with van der Waals surface area (Å²) in [6, 6.07) is 0.0745. The van der Waals surface area contributed by atoms with Gasteiger partial charge in [-0.05, 0) is 31.9 Å². The number of thioether (sulfide) groups is 1. The van der Waals surface area contributed by atoms with Crippen LogP contribution in [0.1, 0.15) is 33.1 Å². The maximum absolute atomic E-state index is 12.1. The molecular weight excluding hydrogens is 248 g/mol. The number of urea groups is 1. The van der Waals surface area contributed by atoms with Crippen molar-refractivity contribution < 1.29 is 9.53 Å². The normalized spacial score (nSPS) is 32.6. The van der Waals surface area contributed by atoms with Crippen molar-refractivity contribution in [3.05, 3.63) is 0 Å². The van der Waals surface area contributed by atoms with Gasteiger partial charge in [-0.3, -0.25) is 0 Å². The first kappa shape index (κ1) is 14.0. The highest BCUT2D eigenvalue weighted by molar-refractivity contribution is 8.00. The van der Waals surface area contributed by atoms with Gasteiger partial charge >= 0.3 is 6.03 Å². The molecule has 5 heteroatoms. The van der Waals surface area contributed by atoms with Gasteiger partial charge in [-0.15, -0.1) is 0 Å². The Morgan fingerprint density at radius 1 is 1.61 bits per heavy atom. The third-order valence-electron chi connectivity index (χ3n) is 3.88. The SMILES string of the molecule is CC[C@@]1(C)CN(C(=O)NC[C@@H]2CCCS2)CCO1. The van der Waals surface area contributed by atoms with E-state index in [1.165, 1.54) is 18.6 Å². The molecule has 2 saturated heterocycles. The predicted octanol–water partition coefficient (Wildman–Crippen LogP) is 2.09. The molecule has 0 spiro atoms. The van der Waals surface area contributed by atoms with Crippen LogP contribution in [-0.4, -0.2) is 53.8 Å². The highest BCUT2D eigenvalue weighted by Crippen LogP contribution is 2.25. The highest BCUT2D eigenvalue weighted by atomic mass is 32.2. The van der Waals surface area contributed by atoms with Crippen LogP contribution in [0.2, 0.25) is 0 Å². The van der Waals surface area contributed by atoms with Gasteiger partial charge in [0, 0.05) is 18.3 Å². The molecule has 0 aliphatic carbocycles. The van der Waals surface area contributed by atoms with Crippen LogP contribution in [0.3, 0.4) is 0 Å². The number of rotatable bonds is 3. The lowest BCUT2D eigenvalue weighted by Crippen LogP contribution is -2.55. The topological polar surface area (TPSA) is 41.6 Å². The van der Waals surface area contributed by atoms with E-state index in [0.29, 0.717) is 24.9 Å². The van der Waals surface area contributed by atoms with Crippen LogP contribution >= 0.6 is 11.8 Å². The first-order valence-electron chi connectivity index (χ1n) is 6.91. The van der Waals surface area contributed by atoms with Crippen LogP contribution in [-0.2, 0) is 4.74 Å². The molecule has 18 heavy (non-hydrogen) atoms. The van der Waals surface area contributed by atoms with Crippen molar-refractivity contribution in [1.29, 1.82) is 0 Å². The van der Waals surface area contributed by atoms with E-state index in [2.05, 4.69) is 19.2 Å². The van der Waals surface area contributed by atoms with Crippen molar-refractivity contribution in [2.45, 2.75) is 44.0 Å². The van der Waals surface area contributed by atoms with Gasteiger partial charge in [-0.2, -0.15) is 11.8 Å². The lowest BCUT2D eigenvalue weighted by atomic mass is 10.0. The largest absolute Gasteiger partial charge is 0.372 e. The van der Waals surface area contributed by atoms with Crippen LogP contribution < -0.4 is 5.32 Å². The maximum atomic E-state index is 12.1. The molecule has 2 rings (SSSR count). The van der Waals surface area contributed by atoms with Crippen LogP contribution in [0, 0.1) is 0 Å². The number of carbonyl (C=O) groups is 1. The molecule has 2 aliphatic rings. The second kappa shape index (κ2) is 6.15. The molecule has 0 aromatic carbocycles. The van der Waals surface area contributed by atoms with E-state index in [0.717, 1.165) is 13.0 Å². The number of hydrogen-bond acceptors (Lipinski definition) is 3. The molecule has 2 atom stereocenters. The first-order valence-corrected chi connectivity index (χ1v) is 7.96. The summed E-state index contributed by atoms with van der Waals surface area (Å²) in [6.07, 6.45) is 3.46. The van der Waals surface area contributed by atoms with Crippen LogP contribution in [0.4, 0.5) is 4.79 Å². The Labute approximate surface area is 114 Å². The summed E-state index contributed by atoms with van der Waals surface area (Å²) in [5, 5.41) is 3.68. The summed E-state index contributed by atoms with van der Waals surface area (Å²) in [6.45, 7) is 7.06. The van der Waals surface area contributed by atoms with E-state index >= 15 is 0 Å². The van der Waals surface area contributed by atoms with E-state index in [1.807, 2.05) is 16.7 Å². The lowest BCUT2D eigenvalue weighted by molar-refractivity contribution is -0.0872. The van der Waals surface area contributed by atoms with Crippen LogP contribution in [0.15, 0.2) is 0 Å². The van der Waals surface area contributed by atoms with Crippen molar-refractivity contribution in [2.75, 3.05) is 32.0 Å². The minimum absolute atomic E-state index is 0.0745. The quantitative estimate of drug-likeness (QED) is 0.855. The summed E-state index contributed by atoms with van der Waals surface area (Å²) in [7, 11) is 0. The minimum atomic E-state index is -0.169. The van der Waals surface area contributed by atoms with Gasteiger partial charge < -0.3 is 15.0 Å². The smallest absolute Gasteiger partial charge is 0.317 e. The minimum Gasteiger partial charge on any atom is -0.372 e. The van der Waals surface area contributed by atoms with Gasteiger partial charge in [0.25, 0.3) is 0 Å². The summed E-state index contributed by atoms with van der Waals surface area (Å²) >= 11 is 1.98. The Balaban J connectivity index is 1.77. The number of nitrogens with zero attached hydrogens (tertiary/aromatic N) is 1. The molecule has 0 unspecified atom stereocenters. The zero-order valence-corrected chi connectivity index (χ0v) is 12.2. The molecule has 104 valence electrons. The Morgan fingerprint density at radius 3 is 3.11 bits per heavy atom. The van der Waals surface area contributed by atoms with Crippen molar-refractivity contribution >= 4 is 17.8 Å². The molecule has 4 nitrogen and oxygen atoms in total. The van der Waals surface area contributed by atoms with Gasteiger partial charge in [0.15, 0.2) is 0 Å². The fourth-order valence-corrected chi connectivity index (χ4v) is 3.64.